The summed E-state index contributed by atoms with van der Waals surface area (Å²) >= 11 is 0. The van der Waals surface area contributed by atoms with Gasteiger partial charge in [-0.15, -0.1) is 0 Å². The van der Waals surface area contributed by atoms with Crippen LogP contribution in [0.2, 0.25) is 0 Å². The van der Waals surface area contributed by atoms with E-state index in [1.54, 1.807) is 17.0 Å². The van der Waals surface area contributed by atoms with Gasteiger partial charge in [-0.3, -0.25) is 5.41 Å². The summed E-state index contributed by atoms with van der Waals surface area (Å²) in [4.78, 5) is 1.81. The Morgan fingerprint density at radius 2 is 1.78 bits per heavy atom. The topological polar surface area (TPSA) is 53.1 Å². The molecule has 0 saturated carbocycles. The third-order valence-corrected chi connectivity index (χ3v) is 2.77. The molecule has 3 nitrogen and oxygen atoms in total. The summed E-state index contributed by atoms with van der Waals surface area (Å²) in [5.41, 5.74) is 7.06. The number of nitrogens with zero attached hydrogens (tertiary/aromatic N) is 1. The molecule has 0 aliphatic carbocycles. The molecule has 2 aromatic carbocycles. The van der Waals surface area contributed by atoms with Crippen molar-refractivity contribution in [2.75, 3.05) is 11.9 Å². The number of hydrogen-bond donors (Lipinski definition) is 2. The third kappa shape index (κ3) is 2.18. The molecule has 0 fully saturated rings. The minimum absolute atomic E-state index is 0.129. The molecule has 0 aromatic heterocycles. The SMILES string of the molecule is CN(c1ccccc1)c1cccc(F)c1C(=N)N. The molecule has 0 saturated heterocycles. The Morgan fingerprint density at radius 1 is 1.11 bits per heavy atom. The van der Waals surface area contributed by atoms with E-state index < -0.39 is 5.82 Å². The lowest BCUT2D eigenvalue weighted by Gasteiger charge is -2.22. The molecule has 0 spiro atoms. The summed E-state index contributed by atoms with van der Waals surface area (Å²) in [5.74, 6) is -0.756. The number of rotatable bonds is 3. The number of hydrogen-bond acceptors (Lipinski definition) is 2. The van der Waals surface area contributed by atoms with Crippen LogP contribution in [0.4, 0.5) is 15.8 Å². The summed E-state index contributed by atoms with van der Waals surface area (Å²) in [7, 11) is 1.82. The van der Waals surface area contributed by atoms with Crippen LogP contribution < -0.4 is 10.6 Å². The van der Waals surface area contributed by atoms with Gasteiger partial charge in [-0.05, 0) is 24.3 Å². The molecular weight excluding hydrogens is 229 g/mol. The summed E-state index contributed by atoms with van der Waals surface area (Å²) in [6.45, 7) is 0. The molecule has 0 heterocycles. The lowest BCUT2D eigenvalue weighted by atomic mass is 10.1. The third-order valence-electron chi connectivity index (χ3n) is 2.77. The number of anilines is 2. The second kappa shape index (κ2) is 4.87. The van der Waals surface area contributed by atoms with Crippen LogP contribution in [0.5, 0.6) is 0 Å². The molecule has 0 aliphatic rings. The Balaban J connectivity index is 2.52. The highest BCUT2D eigenvalue weighted by Crippen LogP contribution is 2.28. The number of nitrogens with two attached hydrogens (primary N) is 1. The van der Waals surface area contributed by atoms with Gasteiger partial charge >= 0.3 is 0 Å². The van der Waals surface area contributed by atoms with Crippen LogP contribution in [-0.2, 0) is 0 Å². The molecule has 2 rings (SSSR count). The molecular formula is C14H14FN3. The van der Waals surface area contributed by atoms with Crippen LogP contribution >= 0.6 is 0 Å². The lowest BCUT2D eigenvalue weighted by molar-refractivity contribution is 0.625. The second-order valence-electron chi connectivity index (χ2n) is 3.94. The Morgan fingerprint density at radius 3 is 2.39 bits per heavy atom. The summed E-state index contributed by atoms with van der Waals surface area (Å²) in [6, 6.07) is 14.2. The monoisotopic (exact) mass is 243 g/mol. The quantitative estimate of drug-likeness (QED) is 0.643. The van der Waals surface area contributed by atoms with E-state index in [1.807, 2.05) is 37.4 Å². The fourth-order valence-corrected chi connectivity index (χ4v) is 1.85. The minimum atomic E-state index is -0.484. The molecule has 92 valence electrons. The van der Waals surface area contributed by atoms with E-state index in [0.29, 0.717) is 5.69 Å². The molecule has 0 bridgehead atoms. The van der Waals surface area contributed by atoms with Crippen LogP contribution in [0.3, 0.4) is 0 Å². The lowest BCUT2D eigenvalue weighted by Crippen LogP contribution is -2.20. The number of amidine groups is 1. The van der Waals surface area contributed by atoms with Crippen molar-refractivity contribution in [3.8, 4) is 0 Å². The van der Waals surface area contributed by atoms with E-state index >= 15 is 0 Å². The number of halogens is 1. The Labute approximate surface area is 105 Å². The normalized spacial score (nSPS) is 10.1. The highest BCUT2D eigenvalue weighted by Gasteiger charge is 2.15. The number of benzene rings is 2. The van der Waals surface area contributed by atoms with E-state index in [1.165, 1.54) is 6.07 Å². The van der Waals surface area contributed by atoms with Gasteiger partial charge in [0.1, 0.15) is 11.7 Å². The van der Waals surface area contributed by atoms with Crippen molar-refractivity contribution in [1.29, 1.82) is 5.41 Å². The summed E-state index contributed by atoms with van der Waals surface area (Å²) in [6.07, 6.45) is 0. The maximum Gasteiger partial charge on any atom is 0.136 e. The van der Waals surface area contributed by atoms with Gasteiger partial charge in [-0.25, -0.2) is 4.39 Å². The van der Waals surface area contributed by atoms with E-state index in [4.69, 9.17) is 11.1 Å². The molecule has 0 amide bonds. The predicted octanol–water partition coefficient (Wildman–Crippen LogP) is 2.88. The maximum absolute atomic E-state index is 13.7. The van der Waals surface area contributed by atoms with Crippen molar-refractivity contribution in [3.05, 3.63) is 59.9 Å². The van der Waals surface area contributed by atoms with Crippen molar-refractivity contribution in [2.45, 2.75) is 0 Å². The van der Waals surface area contributed by atoms with Crippen LogP contribution in [0.25, 0.3) is 0 Å². The summed E-state index contributed by atoms with van der Waals surface area (Å²) in [5, 5.41) is 7.48. The predicted molar refractivity (Wildman–Crippen MR) is 71.9 cm³/mol. The second-order valence-corrected chi connectivity index (χ2v) is 3.94. The van der Waals surface area contributed by atoms with Crippen molar-refractivity contribution < 1.29 is 4.39 Å². The van der Waals surface area contributed by atoms with Crippen molar-refractivity contribution in [2.24, 2.45) is 5.73 Å². The van der Waals surface area contributed by atoms with E-state index in [-0.39, 0.29) is 11.4 Å². The van der Waals surface area contributed by atoms with Crippen LogP contribution in [-0.4, -0.2) is 12.9 Å². The van der Waals surface area contributed by atoms with Crippen LogP contribution in [0, 0.1) is 11.2 Å². The molecule has 0 radical (unpaired) electrons. The van der Waals surface area contributed by atoms with Gasteiger partial charge < -0.3 is 10.6 Å². The van der Waals surface area contributed by atoms with Crippen LogP contribution in [0.15, 0.2) is 48.5 Å². The molecule has 0 atom stereocenters. The van der Waals surface area contributed by atoms with Crippen LogP contribution in [0.1, 0.15) is 5.56 Å². The first-order chi connectivity index (χ1) is 8.61. The van der Waals surface area contributed by atoms with E-state index in [2.05, 4.69) is 0 Å². The zero-order valence-corrected chi connectivity index (χ0v) is 10.0. The fourth-order valence-electron chi connectivity index (χ4n) is 1.85. The number of nitrogen functional groups attached to an aromatic ring is 1. The number of nitrogens with one attached hydrogen (secondary N) is 1. The molecule has 0 aliphatic heterocycles. The first kappa shape index (κ1) is 12.1. The first-order valence-electron chi connectivity index (χ1n) is 5.53. The van der Waals surface area contributed by atoms with Gasteiger partial charge in [-0.1, -0.05) is 24.3 Å². The van der Waals surface area contributed by atoms with Gasteiger partial charge in [0.25, 0.3) is 0 Å². The van der Waals surface area contributed by atoms with Gasteiger partial charge in [0.05, 0.1) is 11.3 Å². The van der Waals surface area contributed by atoms with Gasteiger partial charge in [0, 0.05) is 12.7 Å². The Kier molecular flexibility index (Phi) is 3.28. The number of para-hydroxylation sites is 1. The first-order valence-corrected chi connectivity index (χ1v) is 5.53. The molecule has 2 aromatic rings. The minimum Gasteiger partial charge on any atom is -0.384 e. The smallest absolute Gasteiger partial charge is 0.136 e. The molecule has 0 unspecified atom stereocenters. The van der Waals surface area contributed by atoms with Gasteiger partial charge in [0.2, 0.25) is 0 Å². The van der Waals surface area contributed by atoms with Crippen molar-refractivity contribution >= 4 is 17.2 Å². The zero-order chi connectivity index (χ0) is 13.1. The maximum atomic E-state index is 13.7. The molecule has 3 N–H and O–H groups in total. The average Bonchev–Trinajstić information content (AvgIpc) is 2.38. The fraction of sp³-hybridized carbons (Fsp3) is 0.0714. The Bertz CT molecular complexity index is 567. The van der Waals surface area contributed by atoms with E-state index in [0.717, 1.165) is 5.69 Å². The highest BCUT2D eigenvalue weighted by atomic mass is 19.1. The largest absolute Gasteiger partial charge is 0.384 e. The van der Waals surface area contributed by atoms with Gasteiger partial charge in [-0.2, -0.15) is 0 Å². The van der Waals surface area contributed by atoms with E-state index in [9.17, 15) is 4.39 Å². The van der Waals surface area contributed by atoms with Crippen molar-refractivity contribution in [3.63, 3.8) is 0 Å². The Hall–Kier alpha value is -2.36. The highest BCUT2D eigenvalue weighted by molar-refractivity contribution is 6.01. The van der Waals surface area contributed by atoms with Crippen molar-refractivity contribution in [1.82, 2.24) is 0 Å². The zero-order valence-electron chi connectivity index (χ0n) is 10.0. The average molecular weight is 243 g/mol. The summed E-state index contributed by atoms with van der Waals surface area (Å²) < 4.78 is 13.7. The standard InChI is InChI=1S/C14H14FN3/c1-18(10-6-3-2-4-7-10)12-9-5-8-11(15)13(12)14(16)17/h2-9H,1H3,(H3,16,17). The molecule has 18 heavy (non-hydrogen) atoms. The molecule has 4 heteroatoms. The van der Waals surface area contributed by atoms with Gasteiger partial charge in [0.15, 0.2) is 0 Å².